The third-order valence-electron chi connectivity index (χ3n) is 2.98. The minimum atomic E-state index is -1.23. The van der Waals surface area contributed by atoms with E-state index >= 15 is 0 Å². The molecule has 0 aromatic heterocycles. The summed E-state index contributed by atoms with van der Waals surface area (Å²) in [6.07, 6.45) is 1.24. The molecule has 1 amide bonds. The molecule has 2 rings (SSSR count). The van der Waals surface area contributed by atoms with Gasteiger partial charge in [-0.1, -0.05) is 24.3 Å². The highest BCUT2D eigenvalue weighted by atomic mass is 16.4. The monoisotopic (exact) mass is 298 g/mol. The Balaban J connectivity index is 2.20. The van der Waals surface area contributed by atoms with Crippen LogP contribution >= 0.6 is 0 Å². The van der Waals surface area contributed by atoms with E-state index < -0.39 is 5.97 Å². The van der Waals surface area contributed by atoms with Gasteiger partial charge < -0.3 is 10.2 Å². The van der Waals surface area contributed by atoms with E-state index in [4.69, 9.17) is 5.11 Å². The summed E-state index contributed by atoms with van der Waals surface area (Å²) < 4.78 is 0. The number of nitrogens with zero attached hydrogens (tertiary/aromatic N) is 2. The van der Waals surface area contributed by atoms with Gasteiger partial charge in [0.05, 0.1) is 6.21 Å². The van der Waals surface area contributed by atoms with Crippen LogP contribution < -0.4 is 0 Å². The summed E-state index contributed by atoms with van der Waals surface area (Å²) in [5, 5.41) is 23.8. The minimum Gasteiger partial charge on any atom is -0.506 e. The predicted octanol–water partition coefficient (Wildman–Crippen LogP) is 2.20. The Hall–Kier alpha value is -3.15. The van der Waals surface area contributed by atoms with Crippen molar-refractivity contribution < 1.29 is 19.8 Å². The number of hydrogen-bond acceptors (Lipinski definition) is 4. The number of aromatic carboxylic acids is 1. The second kappa shape index (κ2) is 6.53. The number of aromatic hydroxyl groups is 1. The zero-order valence-corrected chi connectivity index (χ0v) is 11.8. The van der Waals surface area contributed by atoms with Crippen molar-refractivity contribution in [2.75, 3.05) is 7.05 Å². The SMILES string of the molecule is CN(/N=C/c1cccc(C(=O)O)c1O)C(=O)c1ccccc1. The Labute approximate surface area is 126 Å². The molecule has 0 spiro atoms. The quantitative estimate of drug-likeness (QED) is 0.668. The lowest BCUT2D eigenvalue weighted by atomic mass is 10.1. The summed E-state index contributed by atoms with van der Waals surface area (Å²) in [6, 6.07) is 12.9. The summed E-state index contributed by atoms with van der Waals surface area (Å²) in [5.74, 6) is -1.94. The lowest BCUT2D eigenvalue weighted by molar-refractivity contribution is 0.0693. The third-order valence-corrected chi connectivity index (χ3v) is 2.98. The van der Waals surface area contributed by atoms with Gasteiger partial charge in [-0.25, -0.2) is 9.80 Å². The van der Waals surface area contributed by atoms with Crippen LogP contribution in [0.15, 0.2) is 53.6 Å². The molecule has 112 valence electrons. The van der Waals surface area contributed by atoms with Gasteiger partial charge in [-0.15, -0.1) is 0 Å². The molecule has 0 fully saturated rings. The first-order valence-corrected chi connectivity index (χ1v) is 6.43. The molecule has 22 heavy (non-hydrogen) atoms. The molecule has 6 nitrogen and oxygen atoms in total. The average molecular weight is 298 g/mol. The Morgan fingerprint density at radius 1 is 1.09 bits per heavy atom. The van der Waals surface area contributed by atoms with Crippen LogP contribution in [0.4, 0.5) is 0 Å². The first-order chi connectivity index (χ1) is 10.5. The molecule has 0 aliphatic carbocycles. The van der Waals surface area contributed by atoms with E-state index in [0.717, 1.165) is 5.01 Å². The number of hydrogen-bond donors (Lipinski definition) is 2. The van der Waals surface area contributed by atoms with Crippen LogP contribution in [0.3, 0.4) is 0 Å². The lowest BCUT2D eigenvalue weighted by Crippen LogP contribution is -2.21. The van der Waals surface area contributed by atoms with E-state index in [1.54, 1.807) is 30.3 Å². The molecule has 0 bridgehead atoms. The fourth-order valence-corrected chi connectivity index (χ4v) is 1.81. The van der Waals surface area contributed by atoms with E-state index in [-0.39, 0.29) is 22.8 Å². The molecule has 0 unspecified atom stereocenters. The molecule has 0 aliphatic rings. The van der Waals surface area contributed by atoms with Gasteiger partial charge in [0, 0.05) is 18.2 Å². The summed E-state index contributed by atoms with van der Waals surface area (Å²) in [6.45, 7) is 0. The maximum atomic E-state index is 12.1. The Kier molecular flexibility index (Phi) is 4.53. The van der Waals surface area contributed by atoms with Gasteiger partial charge in [-0.3, -0.25) is 4.79 Å². The van der Waals surface area contributed by atoms with Crippen LogP contribution in [0.1, 0.15) is 26.3 Å². The molecule has 0 saturated heterocycles. The number of carbonyl (C=O) groups excluding carboxylic acids is 1. The minimum absolute atomic E-state index is 0.215. The van der Waals surface area contributed by atoms with Crippen molar-refractivity contribution in [2.24, 2.45) is 5.10 Å². The molecular weight excluding hydrogens is 284 g/mol. The molecule has 2 aromatic carbocycles. The normalized spacial score (nSPS) is 10.6. The van der Waals surface area contributed by atoms with Crippen molar-refractivity contribution in [1.82, 2.24) is 5.01 Å². The maximum absolute atomic E-state index is 12.1. The van der Waals surface area contributed by atoms with Crippen molar-refractivity contribution in [2.45, 2.75) is 0 Å². The van der Waals surface area contributed by atoms with Gasteiger partial charge in [-0.2, -0.15) is 5.10 Å². The number of hydrazone groups is 1. The zero-order valence-electron chi connectivity index (χ0n) is 11.8. The van der Waals surface area contributed by atoms with Gasteiger partial charge in [0.15, 0.2) is 0 Å². The third kappa shape index (κ3) is 3.29. The van der Waals surface area contributed by atoms with E-state index in [2.05, 4.69) is 5.10 Å². The van der Waals surface area contributed by atoms with Gasteiger partial charge in [0.2, 0.25) is 0 Å². The second-order valence-electron chi connectivity index (χ2n) is 4.49. The van der Waals surface area contributed by atoms with Crippen molar-refractivity contribution in [3.63, 3.8) is 0 Å². The number of carboxylic acid groups (broad SMARTS) is 1. The van der Waals surface area contributed by atoms with Crippen LogP contribution in [-0.4, -0.2) is 40.4 Å². The Morgan fingerprint density at radius 2 is 1.77 bits per heavy atom. The maximum Gasteiger partial charge on any atom is 0.339 e. The van der Waals surface area contributed by atoms with E-state index in [9.17, 15) is 14.7 Å². The molecular formula is C16H14N2O4. The van der Waals surface area contributed by atoms with Crippen molar-refractivity contribution in [1.29, 1.82) is 0 Å². The van der Waals surface area contributed by atoms with Crippen molar-refractivity contribution >= 4 is 18.1 Å². The molecule has 0 heterocycles. The van der Waals surface area contributed by atoms with Crippen LogP contribution in [0.25, 0.3) is 0 Å². The zero-order chi connectivity index (χ0) is 16.1. The highest BCUT2D eigenvalue weighted by Crippen LogP contribution is 2.20. The number of phenols is 1. The molecule has 6 heteroatoms. The molecule has 0 radical (unpaired) electrons. The van der Waals surface area contributed by atoms with Gasteiger partial charge in [0.1, 0.15) is 11.3 Å². The molecule has 0 aliphatic heterocycles. The van der Waals surface area contributed by atoms with Crippen LogP contribution in [0.2, 0.25) is 0 Å². The first kappa shape index (κ1) is 15.2. The number of carbonyl (C=O) groups is 2. The first-order valence-electron chi connectivity index (χ1n) is 6.43. The fourth-order valence-electron chi connectivity index (χ4n) is 1.81. The number of para-hydroxylation sites is 1. The molecule has 2 aromatic rings. The fraction of sp³-hybridized carbons (Fsp3) is 0.0625. The Morgan fingerprint density at radius 3 is 2.41 bits per heavy atom. The molecule has 2 N–H and O–H groups in total. The average Bonchev–Trinajstić information content (AvgIpc) is 2.53. The summed E-state index contributed by atoms with van der Waals surface area (Å²) in [7, 11) is 1.48. The Bertz CT molecular complexity index is 726. The highest BCUT2D eigenvalue weighted by Gasteiger charge is 2.13. The second-order valence-corrected chi connectivity index (χ2v) is 4.49. The van der Waals surface area contributed by atoms with Crippen molar-refractivity contribution in [3.8, 4) is 5.75 Å². The van der Waals surface area contributed by atoms with Gasteiger partial charge in [-0.05, 0) is 24.3 Å². The summed E-state index contributed by atoms with van der Waals surface area (Å²) >= 11 is 0. The van der Waals surface area contributed by atoms with E-state index in [1.165, 1.54) is 31.5 Å². The van der Waals surface area contributed by atoms with Crippen LogP contribution in [-0.2, 0) is 0 Å². The standard InChI is InChI=1S/C16H14N2O4/c1-18(15(20)11-6-3-2-4-7-11)17-10-12-8-5-9-13(14(12)19)16(21)22/h2-10,19H,1H3,(H,21,22)/b17-10+. The highest BCUT2D eigenvalue weighted by molar-refractivity contribution is 5.97. The molecule has 0 saturated carbocycles. The van der Waals surface area contributed by atoms with Crippen LogP contribution in [0.5, 0.6) is 5.75 Å². The molecule has 0 atom stereocenters. The number of amides is 1. The lowest BCUT2D eigenvalue weighted by Gasteiger charge is -2.11. The largest absolute Gasteiger partial charge is 0.506 e. The summed E-state index contributed by atoms with van der Waals surface area (Å²) in [5.41, 5.74) is 0.472. The topological polar surface area (TPSA) is 90.2 Å². The van der Waals surface area contributed by atoms with E-state index in [1.807, 2.05) is 0 Å². The van der Waals surface area contributed by atoms with Gasteiger partial charge >= 0.3 is 5.97 Å². The number of benzene rings is 2. The van der Waals surface area contributed by atoms with Crippen molar-refractivity contribution in [3.05, 3.63) is 65.2 Å². The van der Waals surface area contributed by atoms with Crippen LogP contribution in [0, 0.1) is 0 Å². The predicted molar refractivity (Wildman–Crippen MR) is 81.2 cm³/mol. The smallest absolute Gasteiger partial charge is 0.339 e. The summed E-state index contributed by atoms with van der Waals surface area (Å²) in [4.78, 5) is 23.0. The van der Waals surface area contributed by atoms with E-state index in [0.29, 0.717) is 5.56 Å². The van der Waals surface area contributed by atoms with Gasteiger partial charge in [0.25, 0.3) is 5.91 Å². The number of carboxylic acids is 1. The number of rotatable bonds is 4.